The molecule has 0 bridgehead atoms. The summed E-state index contributed by atoms with van der Waals surface area (Å²) in [5.74, 6) is -0.288. The Labute approximate surface area is 222 Å². The van der Waals surface area contributed by atoms with Crippen molar-refractivity contribution < 1.29 is 24.1 Å². The summed E-state index contributed by atoms with van der Waals surface area (Å²) in [6.07, 6.45) is 0. The summed E-state index contributed by atoms with van der Waals surface area (Å²) < 4.78 is 16.8. The zero-order valence-corrected chi connectivity index (χ0v) is 21.9. The van der Waals surface area contributed by atoms with Gasteiger partial charge in [0.15, 0.2) is 11.5 Å². The Morgan fingerprint density at radius 2 is 1.13 bits per heavy atom. The molecule has 5 rings (SSSR count). The molecule has 0 aliphatic rings. The standard InChI is InChI=1S/C33H30O5/c1-33(32(34)35,23-19-28(36-2)31(38-4)29(20-23)37-3)30(26-17-9-13-21-11-5-7-15-24(21)26)27-18-10-14-22-12-6-8-16-25(22)27/h5-20,30H,1-4H3,(H,34,35)/t33-/m0/s1. The van der Waals surface area contributed by atoms with E-state index in [0.29, 0.717) is 22.8 Å². The molecule has 5 heteroatoms. The van der Waals surface area contributed by atoms with Gasteiger partial charge in [-0.1, -0.05) is 84.9 Å². The van der Waals surface area contributed by atoms with E-state index in [0.717, 1.165) is 32.7 Å². The fraction of sp³-hybridized carbons (Fsp3) is 0.182. The van der Waals surface area contributed by atoms with Gasteiger partial charge in [0.05, 0.1) is 21.3 Å². The Kier molecular flexibility index (Phi) is 6.68. The van der Waals surface area contributed by atoms with E-state index in [1.54, 1.807) is 19.1 Å². The molecule has 0 aliphatic heterocycles. The molecule has 0 saturated heterocycles. The van der Waals surface area contributed by atoms with Crippen LogP contribution in [0.2, 0.25) is 0 Å². The molecule has 0 aliphatic carbocycles. The third-order valence-corrected chi connectivity index (χ3v) is 7.55. The second-order valence-electron chi connectivity index (χ2n) is 9.49. The number of ether oxygens (including phenoxy) is 3. The molecule has 0 radical (unpaired) electrons. The largest absolute Gasteiger partial charge is 0.493 e. The second-order valence-corrected chi connectivity index (χ2v) is 9.49. The maximum Gasteiger partial charge on any atom is 0.314 e. The quantitative estimate of drug-likeness (QED) is 0.241. The van der Waals surface area contributed by atoms with Crippen molar-refractivity contribution in [3.8, 4) is 17.2 Å². The van der Waals surface area contributed by atoms with Gasteiger partial charge in [-0.05, 0) is 57.3 Å². The van der Waals surface area contributed by atoms with E-state index in [2.05, 4.69) is 36.4 Å². The molecule has 5 aromatic carbocycles. The van der Waals surface area contributed by atoms with Crippen LogP contribution >= 0.6 is 0 Å². The predicted molar refractivity (Wildman–Crippen MR) is 151 cm³/mol. The van der Waals surface area contributed by atoms with Crippen LogP contribution in [0.25, 0.3) is 21.5 Å². The van der Waals surface area contributed by atoms with Crippen LogP contribution in [0.1, 0.15) is 29.5 Å². The number of hydrogen-bond acceptors (Lipinski definition) is 4. The van der Waals surface area contributed by atoms with Crippen LogP contribution < -0.4 is 14.2 Å². The van der Waals surface area contributed by atoms with Gasteiger partial charge < -0.3 is 19.3 Å². The van der Waals surface area contributed by atoms with Crippen molar-refractivity contribution in [3.63, 3.8) is 0 Å². The monoisotopic (exact) mass is 506 g/mol. The van der Waals surface area contributed by atoms with Gasteiger partial charge in [0.25, 0.3) is 0 Å². The minimum Gasteiger partial charge on any atom is -0.493 e. The number of hydrogen-bond donors (Lipinski definition) is 1. The summed E-state index contributed by atoms with van der Waals surface area (Å²) in [6, 6.07) is 31.8. The number of methoxy groups -OCH3 is 3. The smallest absolute Gasteiger partial charge is 0.314 e. The van der Waals surface area contributed by atoms with Crippen molar-refractivity contribution in [1.29, 1.82) is 0 Å². The van der Waals surface area contributed by atoms with Crippen LogP contribution in [0.5, 0.6) is 17.2 Å². The van der Waals surface area contributed by atoms with Crippen LogP contribution in [-0.4, -0.2) is 32.4 Å². The molecule has 1 N–H and O–H groups in total. The minimum absolute atomic E-state index is 0.406. The Balaban J connectivity index is 1.91. The van der Waals surface area contributed by atoms with Crippen LogP contribution in [-0.2, 0) is 10.2 Å². The third kappa shape index (κ3) is 4.01. The van der Waals surface area contributed by atoms with E-state index in [1.807, 2.05) is 48.5 Å². The van der Waals surface area contributed by atoms with Crippen LogP contribution in [0, 0.1) is 0 Å². The maximum atomic E-state index is 13.5. The molecule has 5 nitrogen and oxygen atoms in total. The van der Waals surface area contributed by atoms with Gasteiger partial charge in [0.1, 0.15) is 5.41 Å². The molecule has 0 heterocycles. The van der Waals surface area contributed by atoms with Crippen molar-refractivity contribution in [2.75, 3.05) is 21.3 Å². The highest BCUT2D eigenvalue weighted by Crippen LogP contribution is 2.50. The Morgan fingerprint density at radius 3 is 1.55 bits per heavy atom. The van der Waals surface area contributed by atoms with Crippen molar-refractivity contribution in [2.45, 2.75) is 18.3 Å². The lowest BCUT2D eigenvalue weighted by atomic mass is 9.64. The normalized spacial score (nSPS) is 12.9. The zero-order valence-electron chi connectivity index (χ0n) is 21.9. The molecular weight excluding hydrogens is 476 g/mol. The topological polar surface area (TPSA) is 65.0 Å². The van der Waals surface area contributed by atoms with Crippen molar-refractivity contribution in [3.05, 3.63) is 114 Å². The summed E-state index contributed by atoms with van der Waals surface area (Å²) in [5.41, 5.74) is 0.989. The molecule has 0 fully saturated rings. The highest BCUT2D eigenvalue weighted by molar-refractivity contribution is 5.94. The SMILES string of the molecule is COc1cc([C@](C)(C(=O)O)C(c2cccc3ccccc23)c2cccc3ccccc23)cc(OC)c1OC. The van der Waals surface area contributed by atoms with Gasteiger partial charge in [-0.2, -0.15) is 0 Å². The lowest BCUT2D eigenvalue weighted by Gasteiger charge is -2.37. The molecule has 0 unspecified atom stereocenters. The van der Waals surface area contributed by atoms with E-state index < -0.39 is 17.3 Å². The van der Waals surface area contributed by atoms with Gasteiger partial charge in [0, 0.05) is 5.92 Å². The molecular formula is C33H30O5. The summed E-state index contributed by atoms with van der Waals surface area (Å²) in [6.45, 7) is 1.78. The number of rotatable bonds is 8. The molecule has 0 amide bonds. The van der Waals surface area contributed by atoms with Gasteiger partial charge in [-0.3, -0.25) is 4.79 Å². The molecule has 0 aromatic heterocycles. The van der Waals surface area contributed by atoms with Gasteiger partial charge in [-0.25, -0.2) is 0 Å². The number of carboxylic acids is 1. The van der Waals surface area contributed by atoms with E-state index >= 15 is 0 Å². The number of aliphatic carboxylic acids is 1. The summed E-state index contributed by atoms with van der Waals surface area (Å²) in [7, 11) is 4.60. The fourth-order valence-corrected chi connectivity index (χ4v) is 5.59. The Morgan fingerprint density at radius 1 is 0.684 bits per heavy atom. The summed E-state index contributed by atoms with van der Waals surface area (Å²) in [4.78, 5) is 13.5. The first-order chi connectivity index (χ1) is 18.4. The van der Waals surface area contributed by atoms with E-state index in [4.69, 9.17) is 14.2 Å². The zero-order chi connectivity index (χ0) is 26.9. The third-order valence-electron chi connectivity index (χ3n) is 7.55. The summed E-state index contributed by atoms with van der Waals surface area (Å²) >= 11 is 0. The second kappa shape index (κ2) is 10.1. The first-order valence-corrected chi connectivity index (χ1v) is 12.4. The number of carboxylic acid groups (broad SMARTS) is 1. The van der Waals surface area contributed by atoms with Crippen molar-refractivity contribution in [1.82, 2.24) is 0 Å². The minimum atomic E-state index is -1.42. The van der Waals surface area contributed by atoms with E-state index in [1.165, 1.54) is 21.3 Å². The lowest BCUT2D eigenvalue weighted by Crippen LogP contribution is -2.40. The average molecular weight is 507 g/mol. The number of carbonyl (C=O) groups is 1. The highest BCUT2D eigenvalue weighted by Gasteiger charge is 2.47. The lowest BCUT2D eigenvalue weighted by molar-refractivity contribution is -0.143. The molecule has 0 saturated carbocycles. The average Bonchev–Trinajstić information content (AvgIpc) is 2.96. The fourth-order valence-electron chi connectivity index (χ4n) is 5.59. The van der Waals surface area contributed by atoms with Gasteiger partial charge in [-0.15, -0.1) is 0 Å². The maximum absolute atomic E-state index is 13.5. The van der Waals surface area contributed by atoms with E-state index in [9.17, 15) is 9.90 Å². The first-order valence-electron chi connectivity index (χ1n) is 12.4. The summed E-state index contributed by atoms with van der Waals surface area (Å²) in [5, 5.41) is 15.2. The van der Waals surface area contributed by atoms with E-state index in [-0.39, 0.29) is 0 Å². The van der Waals surface area contributed by atoms with Gasteiger partial charge >= 0.3 is 5.97 Å². The molecule has 1 atom stereocenters. The Bertz CT molecular complexity index is 1530. The van der Waals surface area contributed by atoms with Crippen molar-refractivity contribution in [2.24, 2.45) is 0 Å². The Hall–Kier alpha value is -4.51. The van der Waals surface area contributed by atoms with Crippen LogP contribution in [0.4, 0.5) is 0 Å². The molecule has 192 valence electrons. The van der Waals surface area contributed by atoms with Crippen LogP contribution in [0.3, 0.4) is 0 Å². The van der Waals surface area contributed by atoms with Crippen molar-refractivity contribution >= 4 is 27.5 Å². The highest BCUT2D eigenvalue weighted by atomic mass is 16.5. The molecule has 0 spiro atoms. The molecule has 5 aromatic rings. The number of benzene rings is 5. The molecule has 38 heavy (non-hydrogen) atoms. The van der Waals surface area contributed by atoms with Crippen LogP contribution in [0.15, 0.2) is 97.1 Å². The van der Waals surface area contributed by atoms with Gasteiger partial charge in [0.2, 0.25) is 5.75 Å². The predicted octanol–water partition coefficient (Wildman–Crippen LogP) is 7.19. The number of fused-ring (bicyclic) bond motifs is 2. The first kappa shape index (κ1) is 25.2.